The van der Waals surface area contributed by atoms with Crippen molar-refractivity contribution >= 4 is 17.3 Å². The number of aryl methyl sites for hydroxylation is 1. The molecule has 2 rings (SSSR count). The van der Waals surface area contributed by atoms with Crippen LogP contribution in [0.2, 0.25) is 5.15 Å². The number of ether oxygens (including phenoxy) is 1. The molecule has 1 aromatic rings. The lowest BCUT2D eigenvalue weighted by atomic mass is 10.2. The summed E-state index contributed by atoms with van der Waals surface area (Å²) >= 11 is 5.83. The van der Waals surface area contributed by atoms with Crippen LogP contribution in [0.15, 0.2) is 12.3 Å². The topological polar surface area (TPSA) is 34.1 Å². The third kappa shape index (κ3) is 2.16. The van der Waals surface area contributed by atoms with Gasteiger partial charge in [0.25, 0.3) is 0 Å². The van der Waals surface area contributed by atoms with Crippen LogP contribution in [0.25, 0.3) is 0 Å². The lowest BCUT2D eigenvalue weighted by Gasteiger charge is -2.12. The van der Waals surface area contributed by atoms with Gasteiger partial charge in [-0.25, -0.2) is 4.98 Å². The fourth-order valence-electron chi connectivity index (χ4n) is 1.52. The van der Waals surface area contributed by atoms with Crippen LogP contribution < -0.4 is 5.32 Å². The van der Waals surface area contributed by atoms with Crippen LogP contribution in [0.3, 0.4) is 0 Å². The Morgan fingerprint density at radius 2 is 2.50 bits per heavy atom. The molecule has 0 radical (unpaired) electrons. The van der Waals surface area contributed by atoms with Crippen LogP contribution in [0.5, 0.6) is 0 Å². The number of hydrogen-bond acceptors (Lipinski definition) is 3. The summed E-state index contributed by atoms with van der Waals surface area (Å²) in [5, 5.41) is 3.93. The number of nitrogens with one attached hydrogen (secondary N) is 1. The molecular formula is C10H13ClN2O. The second-order valence-electron chi connectivity index (χ2n) is 3.54. The number of nitrogens with zero attached hydrogens (tertiary/aromatic N) is 1. The third-order valence-corrected chi connectivity index (χ3v) is 2.71. The van der Waals surface area contributed by atoms with Gasteiger partial charge < -0.3 is 10.1 Å². The average molecular weight is 213 g/mol. The van der Waals surface area contributed by atoms with Gasteiger partial charge in [-0.05, 0) is 25.0 Å². The molecule has 3 nitrogen and oxygen atoms in total. The maximum atomic E-state index is 5.83. The van der Waals surface area contributed by atoms with E-state index in [1.165, 1.54) is 0 Å². The van der Waals surface area contributed by atoms with Crippen molar-refractivity contribution in [3.05, 3.63) is 23.0 Å². The van der Waals surface area contributed by atoms with Crippen LogP contribution in [-0.4, -0.2) is 24.2 Å². The van der Waals surface area contributed by atoms with Gasteiger partial charge in [0.15, 0.2) is 0 Å². The Balaban J connectivity index is 2.05. The van der Waals surface area contributed by atoms with Gasteiger partial charge in [0.2, 0.25) is 0 Å². The number of halogens is 1. The fraction of sp³-hybridized carbons (Fsp3) is 0.500. The minimum atomic E-state index is 0.414. The van der Waals surface area contributed by atoms with Gasteiger partial charge in [-0.2, -0.15) is 0 Å². The van der Waals surface area contributed by atoms with Crippen molar-refractivity contribution in [2.45, 2.75) is 19.4 Å². The molecule has 1 fully saturated rings. The first-order chi connectivity index (χ1) is 6.75. The van der Waals surface area contributed by atoms with Crippen LogP contribution >= 0.6 is 11.6 Å². The highest BCUT2D eigenvalue weighted by Crippen LogP contribution is 2.18. The Hall–Kier alpha value is -0.800. The van der Waals surface area contributed by atoms with Gasteiger partial charge >= 0.3 is 0 Å². The fourth-order valence-corrected chi connectivity index (χ4v) is 1.62. The van der Waals surface area contributed by atoms with Crippen LogP contribution in [-0.2, 0) is 4.74 Å². The van der Waals surface area contributed by atoms with E-state index in [-0.39, 0.29) is 0 Å². The number of hydrogen-bond donors (Lipinski definition) is 1. The highest BCUT2D eigenvalue weighted by atomic mass is 35.5. The number of anilines is 1. The number of pyridine rings is 1. The summed E-state index contributed by atoms with van der Waals surface area (Å²) < 4.78 is 5.27. The molecule has 0 aromatic carbocycles. The summed E-state index contributed by atoms with van der Waals surface area (Å²) in [6.45, 7) is 3.57. The van der Waals surface area contributed by atoms with E-state index in [0.717, 1.165) is 30.9 Å². The van der Waals surface area contributed by atoms with Crippen molar-refractivity contribution < 1.29 is 4.74 Å². The van der Waals surface area contributed by atoms with Crippen molar-refractivity contribution in [1.82, 2.24) is 4.98 Å². The molecule has 1 aromatic heterocycles. The van der Waals surface area contributed by atoms with E-state index in [2.05, 4.69) is 10.3 Å². The maximum Gasteiger partial charge on any atom is 0.132 e. The number of aromatic nitrogens is 1. The molecule has 0 aliphatic carbocycles. The highest BCUT2D eigenvalue weighted by Gasteiger charge is 2.15. The molecule has 2 heterocycles. The highest BCUT2D eigenvalue weighted by molar-refractivity contribution is 6.30. The van der Waals surface area contributed by atoms with E-state index < -0.39 is 0 Å². The van der Waals surface area contributed by atoms with Crippen molar-refractivity contribution in [3.63, 3.8) is 0 Å². The minimum Gasteiger partial charge on any atom is -0.379 e. The third-order valence-electron chi connectivity index (χ3n) is 2.31. The molecule has 1 aliphatic heterocycles. The Bertz CT molecular complexity index is 324. The van der Waals surface area contributed by atoms with E-state index in [0.29, 0.717) is 11.2 Å². The summed E-state index contributed by atoms with van der Waals surface area (Å²) in [6.07, 6.45) is 2.81. The molecule has 1 N–H and O–H groups in total. The molecule has 14 heavy (non-hydrogen) atoms. The molecule has 1 atom stereocenters. The summed E-state index contributed by atoms with van der Waals surface area (Å²) in [5.41, 5.74) is 2.01. The van der Waals surface area contributed by atoms with E-state index in [4.69, 9.17) is 16.3 Å². The van der Waals surface area contributed by atoms with Crippen molar-refractivity contribution in [1.29, 1.82) is 0 Å². The first kappa shape index (κ1) is 9.74. The molecule has 0 spiro atoms. The monoisotopic (exact) mass is 212 g/mol. The molecule has 0 amide bonds. The largest absolute Gasteiger partial charge is 0.379 e. The lowest BCUT2D eigenvalue weighted by molar-refractivity contribution is 0.195. The Morgan fingerprint density at radius 1 is 1.64 bits per heavy atom. The van der Waals surface area contributed by atoms with Gasteiger partial charge in [-0.1, -0.05) is 11.6 Å². The van der Waals surface area contributed by atoms with Crippen molar-refractivity contribution in [2.24, 2.45) is 0 Å². The summed E-state index contributed by atoms with van der Waals surface area (Å²) in [7, 11) is 0. The normalized spacial score (nSPS) is 21.1. The summed E-state index contributed by atoms with van der Waals surface area (Å²) in [6, 6.07) is 2.42. The van der Waals surface area contributed by atoms with Gasteiger partial charge in [0.05, 0.1) is 24.5 Å². The smallest absolute Gasteiger partial charge is 0.132 e. The van der Waals surface area contributed by atoms with E-state index in [1.807, 2.05) is 13.0 Å². The molecule has 0 bridgehead atoms. The first-order valence-electron chi connectivity index (χ1n) is 4.72. The maximum absolute atomic E-state index is 5.83. The van der Waals surface area contributed by atoms with Crippen LogP contribution in [0.4, 0.5) is 5.69 Å². The summed E-state index contributed by atoms with van der Waals surface area (Å²) in [4.78, 5) is 4.08. The van der Waals surface area contributed by atoms with E-state index in [9.17, 15) is 0 Å². The zero-order chi connectivity index (χ0) is 9.97. The molecular weight excluding hydrogens is 200 g/mol. The Morgan fingerprint density at radius 3 is 3.14 bits per heavy atom. The SMILES string of the molecule is Cc1cc(NC2CCOC2)cnc1Cl. The number of rotatable bonds is 2. The zero-order valence-corrected chi connectivity index (χ0v) is 8.84. The van der Waals surface area contributed by atoms with Gasteiger partial charge in [0, 0.05) is 6.61 Å². The van der Waals surface area contributed by atoms with E-state index in [1.54, 1.807) is 6.20 Å². The molecule has 1 saturated heterocycles. The average Bonchev–Trinajstić information content (AvgIpc) is 2.64. The van der Waals surface area contributed by atoms with Gasteiger partial charge in [-0.3, -0.25) is 0 Å². The Kier molecular flexibility index (Phi) is 2.89. The molecule has 1 unspecified atom stereocenters. The molecule has 0 saturated carbocycles. The predicted octanol–water partition coefficient (Wildman–Crippen LogP) is 2.24. The van der Waals surface area contributed by atoms with Crippen molar-refractivity contribution in [3.8, 4) is 0 Å². The first-order valence-corrected chi connectivity index (χ1v) is 5.10. The molecule has 1 aliphatic rings. The van der Waals surface area contributed by atoms with Crippen molar-refractivity contribution in [2.75, 3.05) is 18.5 Å². The standard InChI is InChI=1S/C10H13ClN2O/c1-7-4-9(5-12-10(7)11)13-8-2-3-14-6-8/h4-5,8,13H,2-3,6H2,1H3. The predicted molar refractivity (Wildman–Crippen MR) is 56.8 cm³/mol. The summed E-state index contributed by atoms with van der Waals surface area (Å²) in [5.74, 6) is 0. The van der Waals surface area contributed by atoms with E-state index >= 15 is 0 Å². The van der Waals surface area contributed by atoms with Gasteiger partial charge in [0.1, 0.15) is 5.15 Å². The Labute approximate surface area is 88.4 Å². The lowest BCUT2D eigenvalue weighted by Crippen LogP contribution is -2.18. The van der Waals surface area contributed by atoms with Crippen LogP contribution in [0.1, 0.15) is 12.0 Å². The van der Waals surface area contributed by atoms with Crippen LogP contribution in [0, 0.1) is 6.92 Å². The quantitative estimate of drug-likeness (QED) is 0.764. The molecule has 4 heteroatoms. The minimum absolute atomic E-state index is 0.414. The zero-order valence-electron chi connectivity index (χ0n) is 8.09. The molecule has 76 valence electrons. The second-order valence-corrected chi connectivity index (χ2v) is 3.89. The second kappa shape index (κ2) is 4.15. The van der Waals surface area contributed by atoms with Gasteiger partial charge in [-0.15, -0.1) is 0 Å².